The first kappa shape index (κ1) is 12.5. The lowest BCUT2D eigenvalue weighted by Gasteiger charge is -2.26. The highest BCUT2D eigenvalue weighted by atomic mass is 16.2. The molecule has 2 atom stereocenters. The van der Waals surface area contributed by atoms with Crippen molar-refractivity contribution in [2.75, 3.05) is 13.1 Å². The summed E-state index contributed by atoms with van der Waals surface area (Å²) in [5.74, 6) is 1.41. The van der Waals surface area contributed by atoms with E-state index in [0.717, 1.165) is 25.9 Å². The minimum atomic E-state index is 0.113. The van der Waals surface area contributed by atoms with Crippen molar-refractivity contribution in [3.8, 4) is 0 Å². The van der Waals surface area contributed by atoms with Crippen LogP contribution in [0.15, 0.2) is 0 Å². The highest BCUT2D eigenvalue weighted by Crippen LogP contribution is 2.18. The summed E-state index contributed by atoms with van der Waals surface area (Å²) in [6.07, 6.45) is 2.86. The summed E-state index contributed by atoms with van der Waals surface area (Å²) in [6.45, 7) is 8.05. The van der Waals surface area contributed by atoms with Crippen LogP contribution in [0, 0.1) is 11.8 Å². The van der Waals surface area contributed by atoms with Gasteiger partial charge in [-0.25, -0.2) is 0 Å². The molecule has 0 aliphatic carbocycles. The van der Waals surface area contributed by atoms with Crippen LogP contribution in [0.3, 0.4) is 0 Å². The van der Waals surface area contributed by atoms with Crippen molar-refractivity contribution in [1.82, 2.24) is 4.90 Å². The van der Waals surface area contributed by atoms with Gasteiger partial charge in [-0.15, -0.1) is 0 Å². The summed E-state index contributed by atoms with van der Waals surface area (Å²) < 4.78 is 0. The van der Waals surface area contributed by atoms with Crippen LogP contribution in [0.4, 0.5) is 0 Å². The number of hydrogen-bond acceptors (Lipinski definition) is 2. The molecule has 3 heteroatoms. The average molecular weight is 212 g/mol. The van der Waals surface area contributed by atoms with Gasteiger partial charge >= 0.3 is 0 Å². The van der Waals surface area contributed by atoms with Gasteiger partial charge in [-0.05, 0) is 24.7 Å². The van der Waals surface area contributed by atoms with Crippen molar-refractivity contribution in [3.63, 3.8) is 0 Å². The van der Waals surface area contributed by atoms with E-state index in [1.807, 2.05) is 4.90 Å². The average Bonchev–Trinajstić information content (AvgIpc) is 2.32. The number of hydrogen-bond donors (Lipinski definition) is 1. The van der Waals surface area contributed by atoms with Crippen molar-refractivity contribution in [3.05, 3.63) is 0 Å². The van der Waals surface area contributed by atoms with Gasteiger partial charge in [-0.2, -0.15) is 0 Å². The van der Waals surface area contributed by atoms with E-state index < -0.39 is 0 Å². The molecule has 0 aromatic carbocycles. The van der Waals surface area contributed by atoms with Crippen LogP contribution >= 0.6 is 0 Å². The highest BCUT2D eigenvalue weighted by Gasteiger charge is 2.22. The topological polar surface area (TPSA) is 46.3 Å². The number of nitrogens with zero attached hydrogens (tertiary/aromatic N) is 1. The monoisotopic (exact) mass is 212 g/mol. The molecule has 1 aliphatic rings. The lowest BCUT2D eigenvalue weighted by Crippen LogP contribution is -2.43. The smallest absolute Gasteiger partial charge is 0.222 e. The maximum atomic E-state index is 11.8. The van der Waals surface area contributed by atoms with Crippen molar-refractivity contribution in [2.45, 2.75) is 46.1 Å². The highest BCUT2D eigenvalue weighted by molar-refractivity contribution is 5.76. The van der Waals surface area contributed by atoms with E-state index in [-0.39, 0.29) is 11.9 Å². The molecular formula is C12H24N2O. The van der Waals surface area contributed by atoms with Crippen molar-refractivity contribution in [2.24, 2.45) is 17.6 Å². The molecule has 0 spiro atoms. The molecule has 1 saturated heterocycles. The third kappa shape index (κ3) is 3.82. The second kappa shape index (κ2) is 5.50. The molecule has 1 fully saturated rings. The molecule has 1 aliphatic heterocycles. The van der Waals surface area contributed by atoms with Crippen LogP contribution in [0.2, 0.25) is 0 Å². The van der Waals surface area contributed by atoms with Gasteiger partial charge in [0.1, 0.15) is 0 Å². The first-order valence-corrected chi connectivity index (χ1v) is 6.04. The summed E-state index contributed by atoms with van der Waals surface area (Å²) in [6, 6.07) is 0.113. The quantitative estimate of drug-likeness (QED) is 0.772. The number of carbonyl (C=O) groups excluding carboxylic acids is 1. The fourth-order valence-corrected chi connectivity index (χ4v) is 1.83. The summed E-state index contributed by atoms with van der Waals surface area (Å²) in [5, 5.41) is 0. The Labute approximate surface area is 93.0 Å². The van der Waals surface area contributed by atoms with E-state index in [1.54, 1.807) is 0 Å². The van der Waals surface area contributed by atoms with Gasteiger partial charge in [0.15, 0.2) is 0 Å². The first-order valence-electron chi connectivity index (χ1n) is 6.04. The Morgan fingerprint density at radius 3 is 2.73 bits per heavy atom. The molecule has 1 heterocycles. The van der Waals surface area contributed by atoms with Gasteiger partial charge in [-0.3, -0.25) is 4.79 Å². The molecule has 0 saturated carbocycles. The van der Waals surface area contributed by atoms with E-state index in [2.05, 4.69) is 20.8 Å². The van der Waals surface area contributed by atoms with Gasteiger partial charge < -0.3 is 10.6 Å². The molecule has 0 aromatic rings. The Bertz CT molecular complexity index is 216. The molecule has 3 nitrogen and oxygen atoms in total. The maximum Gasteiger partial charge on any atom is 0.222 e. The second-order valence-electron chi connectivity index (χ2n) is 5.18. The van der Waals surface area contributed by atoms with E-state index in [9.17, 15) is 4.79 Å². The van der Waals surface area contributed by atoms with Gasteiger partial charge in [0.25, 0.3) is 0 Å². The fourth-order valence-electron chi connectivity index (χ4n) is 1.83. The molecule has 1 amide bonds. The predicted octanol–water partition coefficient (Wildman–Crippen LogP) is 1.62. The molecule has 0 bridgehead atoms. The van der Waals surface area contributed by atoms with Crippen molar-refractivity contribution < 1.29 is 4.79 Å². The summed E-state index contributed by atoms with van der Waals surface area (Å²) >= 11 is 0. The zero-order valence-corrected chi connectivity index (χ0v) is 10.2. The zero-order valence-electron chi connectivity index (χ0n) is 10.2. The van der Waals surface area contributed by atoms with Gasteiger partial charge in [0.2, 0.25) is 5.91 Å². The molecule has 0 radical (unpaired) electrons. The van der Waals surface area contributed by atoms with Crippen molar-refractivity contribution in [1.29, 1.82) is 0 Å². The van der Waals surface area contributed by atoms with Crippen LogP contribution in [0.1, 0.15) is 40.0 Å². The van der Waals surface area contributed by atoms with Gasteiger partial charge in [-0.1, -0.05) is 20.8 Å². The number of rotatable bonds is 3. The lowest BCUT2D eigenvalue weighted by atomic mass is 10.0. The lowest BCUT2D eigenvalue weighted by molar-refractivity contribution is -0.131. The van der Waals surface area contributed by atoms with Gasteiger partial charge in [0, 0.05) is 25.6 Å². The van der Waals surface area contributed by atoms with E-state index in [1.165, 1.54) is 0 Å². The maximum absolute atomic E-state index is 11.8. The molecule has 1 rings (SSSR count). The largest absolute Gasteiger partial charge is 0.341 e. The third-order valence-electron chi connectivity index (χ3n) is 3.38. The van der Waals surface area contributed by atoms with Crippen LogP contribution < -0.4 is 5.73 Å². The number of carbonyl (C=O) groups is 1. The Balaban J connectivity index is 2.48. The Kier molecular flexibility index (Phi) is 4.58. The normalized spacial score (nSPS) is 25.5. The van der Waals surface area contributed by atoms with Gasteiger partial charge in [0.05, 0.1) is 0 Å². The van der Waals surface area contributed by atoms with Crippen LogP contribution in [-0.2, 0) is 4.79 Å². The van der Waals surface area contributed by atoms with Crippen LogP contribution in [0.25, 0.3) is 0 Å². The zero-order chi connectivity index (χ0) is 11.4. The van der Waals surface area contributed by atoms with E-state index >= 15 is 0 Å². The van der Waals surface area contributed by atoms with E-state index in [4.69, 9.17) is 5.73 Å². The molecule has 88 valence electrons. The molecule has 15 heavy (non-hydrogen) atoms. The third-order valence-corrected chi connectivity index (χ3v) is 3.38. The first-order chi connectivity index (χ1) is 7.00. The van der Waals surface area contributed by atoms with E-state index in [0.29, 0.717) is 18.3 Å². The second-order valence-corrected chi connectivity index (χ2v) is 5.18. The number of amides is 1. The summed E-state index contributed by atoms with van der Waals surface area (Å²) in [4.78, 5) is 13.7. The molecule has 2 unspecified atom stereocenters. The molecule has 2 N–H and O–H groups in total. The fraction of sp³-hybridized carbons (Fsp3) is 0.917. The summed E-state index contributed by atoms with van der Waals surface area (Å²) in [5.41, 5.74) is 6.00. The molecular weight excluding hydrogens is 188 g/mol. The standard InChI is InChI=1S/C12H24N2O/c1-9(2)11(13)8-14-7-6-10(3)4-5-12(14)15/h9-11H,4-8,13H2,1-3H3. The minimum Gasteiger partial charge on any atom is -0.341 e. The Morgan fingerprint density at radius 1 is 1.47 bits per heavy atom. The number of nitrogens with two attached hydrogens (primary N) is 1. The summed E-state index contributed by atoms with van der Waals surface area (Å²) in [7, 11) is 0. The van der Waals surface area contributed by atoms with Crippen LogP contribution in [0.5, 0.6) is 0 Å². The van der Waals surface area contributed by atoms with Crippen molar-refractivity contribution >= 4 is 5.91 Å². The Morgan fingerprint density at radius 2 is 2.13 bits per heavy atom. The Hall–Kier alpha value is -0.570. The molecule has 0 aromatic heterocycles. The SMILES string of the molecule is CC1CCC(=O)N(CC(N)C(C)C)CC1. The number of likely N-dealkylation sites (tertiary alicyclic amines) is 1. The minimum absolute atomic E-state index is 0.113. The predicted molar refractivity (Wildman–Crippen MR) is 62.4 cm³/mol. The van der Waals surface area contributed by atoms with Crippen LogP contribution in [-0.4, -0.2) is 29.9 Å².